The molecule has 3 aromatic carbocycles. The van der Waals surface area contributed by atoms with Gasteiger partial charge >= 0.3 is 0 Å². The first-order valence-electron chi connectivity index (χ1n) is 8.95. The third-order valence-corrected chi connectivity index (χ3v) is 5.09. The van der Waals surface area contributed by atoms with E-state index in [-0.39, 0.29) is 0 Å². The van der Waals surface area contributed by atoms with Crippen molar-refractivity contribution in [2.24, 2.45) is 0 Å². The highest BCUT2D eigenvalue weighted by molar-refractivity contribution is 7.16. The fraction of sp³-hybridized carbons (Fsp3) is 0.0833. The van der Waals surface area contributed by atoms with Crippen LogP contribution in [0.15, 0.2) is 115 Å². The molecule has 0 unspecified atom stereocenters. The quantitative estimate of drug-likeness (QED) is 0.487. The van der Waals surface area contributed by atoms with E-state index in [0.717, 1.165) is 0 Å². The molecule has 124 valence electrons. The SMILES string of the molecule is C/C=C\C(=C/C)[B-](c1ccccc1)(c1ccccc1)c1ccccc1. The first-order valence-corrected chi connectivity index (χ1v) is 8.95. The van der Waals surface area contributed by atoms with E-state index in [1.165, 1.54) is 21.9 Å². The molecule has 0 aromatic heterocycles. The number of hydrogen-bond acceptors (Lipinski definition) is 0. The molecule has 25 heavy (non-hydrogen) atoms. The average Bonchev–Trinajstić information content (AvgIpc) is 2.70. The second kappa shape index (κ2) is 7.85. The second-order valence-corrected chi connectivity index (χ2v) is 6.39. The van der Waals surface area contributed by atoms with Crippen LogP contribution in [0.3, 0.4) is 0 Å². The average molecular weight is 323 g/mol. The number of benzene rings is 3. The van der Waals surface area contributed by atoms with Gasteiger partial charge in [0.15, 0.2) is 0 Å². The van der Waals surface area contributed by atoms with Gasteiger partial charge in [0.1, 0.15) is 6.15 Å². The van der Waals surface area contributed by atoms with E-state index in [2.05, 4.69) is 123 Å². The molecular formula is C24H24B-. The zero-order valence-corrected chi connectivity index (χ0v) is 15.0. The summed E-state index contributed by atoms with van der Waals surface area (Å²) in [6.45, 7) is 4.23. The molecule has 0 atom stereocenters. The van der Waals surface area contributed by atoms with E-state index in [0.29, 0.717) is 0 Å². The normalized spacial score (nSPS) is 12.5. The first kappa shape index (κ1) is 17.0. The molecular weight excluding hydrogens is 299 g/mol. The van der Waals surface area contributed by atoms with Crippen molar-refractivity contribution in [2.75, 3.05) is 0 Å². The zero-order chi connectivity index (χ0) is 17.5. The number of rotatable bonds is 5. The van der Waals surface area contributed by atoms with Gasteiger partial charge in [-0.25, -0.2) is 0 Å². The smallest absolute Gasteiger partial charge is 0.107 e. The Morgan fingerprint density at radius 2 is 0.960 bits per heavy atom. The summed E-state index contributed by atoms with van der Waals surface area (Å²) >= 11 is 0. The molecule has 0 aliphatic rings. The van der Waals surface area contributed by atoms with Crippen LogP contribution in [-0.4, -0.2) is 6.15 Å². The van der Waals surface area contributed by atoms with Gasteiger partial charge in [0.05, 0.1) is 0 Å². The van der Waals surface area contributed by atoms with E-state index in [9.17, 15) is 0 Å². The summed E-state index contributed by atoms with van der Waals surface area (Å²) in [5.41, 5.74) is 5.36. The summed E-state index contributed by atoms with van der Waals surface area (Å²) in [6, 6.07) is 32.6. The van der Waals surface area contributed by atoms with Crippen LogP contribution in [0, 0.1) is 0 Å². The summed E-state index contributed by atoms with van der Waals surface area (Å²) in [5, 5.41) is 0. The largest absolute Gasteiger partial charge is 0.200 e. The standard InChI is InChI=1S/C24H24B/c1-3-14-21(4-2)25(22-15-8-5-9-16-22,23-17-10-6-11-18-23)24-19-12-7-13-20-24/h3-20H,1-2H3/q-1/b14-3-,21-4+. The third-order valence-electron chi connectivity index (χ3n) is 5.09. The van der Waals surface area contributed by atoms with Crippen molar-refractivity contribution < 1.29 is 0 Å². The third kappa shape index (κ3) is 3.10. The van der Waals surface area contributed by atoms with Crippen LogP contribution < -0.4 is 16.4 Å². The molecule has 3 aromatic rings. The van der Waals surface area contributed by atoms with Gasteiger partial charge in [0.2, 0.25) is 0 Å². The summed E-state index contributed by atoms with van der Waals surface area (Å²) in [7, 11) is 0. The highest BCUT2D eigenvalue weighted by Gasteiger charge is 2.31. The maximum atomic E-state index is 2.26. The maximum absolute atomic E-state index is 2.26. The fourth-order valence-corrected chi connectivity index (χ4v) is 4.06. The van der Waals surface area contributed by atoms with Crippen molar-refractivity contribution in [3.63, 3.8) is 0 Å². The monoisotopic (exact) mass is 323 g/mol. The van der Waals surface area contributed by atoms with E-state index < -0.39 is 6.15 Å². The predicted octanol–water partition coefficient (Wildman–Crippen LogP) is 4.22. The minimum absolute atomic E-state index is 1.22. The van der Waals surface area contributed by atoms with Gasteiger partial charge in [0, 0.05) is 0 Å². The Bertz CT molecular complexity index is 750. The first-order chi connectivity index (χ1) is 12.3. The molecule has 0 spiro atoms. The molecule has 3 rings (SSSR count). The van der Waals surface area contributed by atoms with Crippen molar-refractivity contribution in [1.82, 2.24) is 0 Å². The van der Waals surface area contributed by atoms with Gasteiger partial charge in [-0.1, -0.05) is 97.1 Å². The van der Waals surface area contributed by atoms with E-state index >= 15 is 0 Å². The molecule has 0 heterocycles. The van der Waals surface area contributed by atoms with Crippen LogP contribution in [0.1, 0.15) is 13.8 Å². The molecule has 0 nitrogen and oxygen atoms in total. The molecule has 0 radical (unpaired) electrons. The van der Waals surface area contributed by atoms with Crippen molar-refractivity contribution >= 4 is 22.5 Å². The van der Waals surface area contributed by atoms with E-state index in [1.807, 2.05) is 0 Å². The highest BCUT2D eigenvalue weighted by Crippen LogP contribution is 2.18. The molecule has 0 bridgehead atoms. The van der Waals surface area contributed by atoms with Crippen molar-refractivity contribution in [2.45, 2.75) is 13.8 Å². The fourth-order valence-electron chi connectivity index (χ4n) is 4.06. The van der Waals surface area contributed by atoms with Crippen LogP contribution in [0.2, 0.25) is 0 Å². The molecule has 0 aliphatic carbocycles. The Balaban J connectivity index is 2.44. The Labute approximate surface area is 151 Å². The summed E-state index contributed by atoms with van der Waals surface area (Å²) in [6.07, 6.45) is 5.44. The van der Waals surface area contributed by atoms with E-state index in [4.69, 9.17) is 0 Å². The molecule has 0 saturated carbocycles. The number of hydrogen-bond donors (Lipinski definition) is 0. The van der Waals surface area contributed by atoms with Crippen LogP contribution >= 0.6 is 0 Å². The molecule has 0 amide bonds. The molecule has 0 aliphatic heterocycles. The topological polar surface area (TPSA) is 0 Å². The Hall–Kier alpha value is -2.80. The van der Waals surface area contributed by atoms with Gasteiger partial charge < -0.3 is 0 Å². The van der Waals surface area contributed by atoms with Crippen LogP contribution in [-0.2, 0) is 0 Å². The highest BCUT2D eigenvalue weighted by atomic mass is 14.1. The summed E-state index contributed by atoms with van der Waals surface area (Å²) in [5.74, 6) is 0. The van der Waals surface area contributed by atoms with Crippen LogP contribution in [0.25, 0.3) is 0 Å². The lowest BCUT2D eigenvalue weighted by Crippen LogP contribution is -2.68. The Morgan fingerprint density at radius 3 is 1.24 bits per heavy atom. The molecule has 0 N–H and O–H groups in total. The molecule has 0 fully saturated rings. The van der Waals surface area contributed by atoms with E-state index in [1.54, 1.807) is 0 Å². The predicted molar refractivity (Wildman–Crippen MR) is 113 cm³/mol. The van der Waals surface area contributed by atoms with Gasteiger partial charge in [-0.2, -0.15) is 21.9 Å². The minimum atomic E-state index is -1.22. The van der Waals surface area contributed by atoms with Crippen LogP contribution in [0.5, 0.6) is 0 Å². The lowest BCUT2D eigenvalue weighted by atomic mass is 9.12. The van der Waals surface area contributed by atoms with Gasteiger partial charge in [-0.15, -0.1) is 12.2 Å². The summed E-state index contributed by atoms with van der Waals surface area (Å²) in [4.78, 5) is 0. The second-order valence-electron chi connectivity index (χ2n) is 6.39. The van der Waals surface area contributed by atoms with Crippen LogP contribution in [0.4, 0.5) is 0 Å². The van der Waals surface area contributed by atoms with Crippen molar-refractivity contribution in [1.29, 1.82) is 0 Å². The Morgan fingerprint density at radius 1 is 0.600 bits per heavy atom. The summed E-state index contributed by atoms with van der Waals surface area (Å²) < 4.78 is 0. The van der Waals surface area contributed by atoms with Crippen molar-refractivity contribution in [3.8, 4) is 0 Å². The Kier molecular flexibility index (Phi) is 5.35. The van der Waals surface area contributed by atoms with Crippen molar-refractivity contribution in [3.05, 3.63) is 115 Å². The maximum Gasteiger partial charge on any atom is 0.107 e. The zero-order valence-electron chi connectivity index (χ0n) is 15.0. The lowest BCUT2D eigenvalue weighted by molar-refractivity contribution is 1.59. The van der Waals surface area contributed by atoms with Gasteiger partial charge in [-0.3, -0.25) is 0 Å². The minimum Gasteiger partial charge on any atom is -0.200 e. The van der Waals surface area contributed by atoms with Gasteiger partial charge in [-0.05, 0) is 13.8 Å². The lowest BCUT2D eigenvalue weighted by Gasteiger charge is -2.45. The van der Waals surface area contributed by atoms with Gasteiger partial charge in [0.25, 0.3) is 0 Å². The molecule has 1 heteroatoms. The number of allylic oxidation sites excluding steroid dienone is 4. The molecule has 0 saturated heterocycles.